The Morgan fingerprint density at radius 3 is 2.58 bits per heavy atom. The lowest BCUT2D eigenvalue weighted by Gasteiger charge is -2.39. The number of piperazine rings is 1. The SMILES string of the molecule is CC1(C)CC2CC(C)(CN2C(=O)C(=O)NCCN2CCNCC2)C1. The third-order valence-electron chi connectivity index (χ3n) is 5.79. The number of nitrogens with one attached hydrogen (secondary N) is 2. The molecule has 0 radical (unpaired) electrons. The maximum atomic E-state index is 12.6. The van der Waals surface area contributed by atoms with Crippen molar-refractivity contribution >= 4 is 11.8 Å². The highest BCUT2D eigenvalue weighted by atomic mass is 16.2. The summed E-state index contributed by atoms with van der Waals surface area (Å²) in [6, 6.07) is 0.227. The number of rotatable bonds is 3. The van der Waals surface area contributed by atoms with Crippen molar-refractivity contribution in [3.8, 4) is 0 Å². The molecule has 2 amide bonds. The minimum atomic E-state index is -0.431. The zero-order valence-electron chi connectivity index (χ0n) is 15.4. The lowest BCUT2D eigenvalue weighted by molar-refractivity contribution is -0.146. The molecule has 0 aromatic heterocycles. The van der Waals surface area contributed by atoms with E-state index in [0.29, 0.717) is 6.54 Å². The van der Waals surface area contributed by atoms with Gasteiger partial charge in [-0.05, 0) is 30.1 Å². The number of amides is 2. The first-order valence-corrected chi connectivity index (χ1v) is 9.30. The smallest absolute Gasteiger partial charge is 0.312 e. The van der Waals surface area contributed by atoms with Gasteiger partial charge in [0.25, 0.3) is 0 Å². The molecule has 2 heterocycles. The van der Waals surface area contributed by atoms with Crippen molar-refractivity contribution in [2.45, 2.75) is 46.1 Å². The number of likely N-dealkylation sites (tertiary alicyclic amines) is 1. The first kappa shape index (κ1) is 17.7. The van der Waals surface area contributed by atoms with E-state index in [1.54, 1.807) is 0 Å². The third kappa shape index (κ3) is 3.91. The van der Waals surface area contributed by atoms with Crippen LogP contribution in [-0.2, 0) is 9.59 Å². The van der Waals surface area contributed by atoms with E-state index in [2.05, 4.69) is 36.3 Å². The summed E-state index contributed by atoms with van der Waals surface area (Å²) in [5, 5.41) is 6.14. The van der Waals surface area contributed by atoms with Gasteiger partial charge in [-0.2, -0.15) is 0 Å². The summed E-state index contributed by atoms with van der Waals surface area (Å²) in [7, 11) is 0. The van der Waals surface area contributed by atoms with E-state index >= 15 is 0 Å². The van der Waals surface area contributed by atoms with Crippen LogP contribution >= 0.6 is 0 Å². The molecule has 0 spiro atoms. The molecule has 3 fully saturated rings. The summed E-state index contributed by atoms with van der Waals surface area (Å²) in [6.07, 6.45) is 3.17. The molecule has 3 aliphatic rings. The van der Waals surface area contributed by atoms with Crippen molar-refractivity contribution < 1.29 is 9.59 Å². The van der Waals surface area contributed by atoms with Gasteiger partial charge in [0, 0.05) is 51.9 Å². The van der Waals surface area contributed by atoms with Crippen LogP contribution in [0.4, 0.5) is 0 Å². The van der Waals surface area contributed by atoms with Crippen LogP contribution in [0.15, 0.2) is 0 Å². The van der Waals surface area contributed by atoms with Gasteiger partial charge in [-0.3, -0.25) is 14.5 Å². The predicted molar refractivity (Wildman–Crippen MR) is 93.6 cm³/mol. The topological polar surface area (TPSA) is 64.7 Å². The Balaban J connectivity index is 1.50. The molecular weight excluding hydrogens is 304 g/mol. The molecule has 2 aliphatic heterocycles. The summed E-state index contributed by atoms with van der Waals surface area (Å²) in [5.74, 6) is -0.763. The van der Waals surface area contributed by atoms with Crippen molar-refractivity contribution in [1.29, 1.82) is 0 Å². The van der Waals surface area contributed by atoms with E-state index in [1.807, 2.05) is 4.90 Å². The molecule has 2 unspecified atom stereocenters. The Labute approximate surface area is 145 Å². The van der Waals surface area contributed by atoms with E-state index in [1.165, 1.54) is 0 Å². The average Bonchev–Trinajstić information content (AvgIpc) is 2.76. The molecule has 2 N–H and O–H groups in total. The Bertz CT molecular complexity index is 501. The molecule has 6 heteroatoms. The van der Waals surface area contributed by atoms with Crippen molar-refractivity contribution in [3.05, 3.63) is 0 Å². The fraction of sp³-hybridized carbons (Fsp3) is 0.889. The lowest BCUT2D eigenvalue weighted by atomic mass is 9.65. The Kier molecular flexibility index (Phi) is 4.89. The molecule has 0 aromatic carbocycles. The van der Waals surface area contributed by atoms with Crippen molar-refractivity contribution in [2.24, 2.45) is 10.8 Å². The standard InChI is InChI=1S/C18H32N4O2/c1-17(2)10-14-11-18(3,12-17)13-22(14)16(24)15(23)20-6-9-21-7-4-19-5-8-21/h14,19H,4-13H2,1-3H3,(H,20,23). The zero-order chi connectivity index (χ0) is 17.4. The number of carbonyl (C=O) groups excluding carboxylic acids is 2. The van der Waals surface area contributed by atoms with Crippen LogP contribution < -0.4 is 10.6 Å². The second-order valence-electron chi connectivity index (χ2n) is 8.99. The monoisotopic (exact) mass is 336 g/mol. The van der Waals surface area contributed by atoms with Gasteiger partial charge in [-0.15, -0.1) is 0 Å². The molecule has 1 aliphatic carbocycles. The fourth-order valence-corrected chi connectivity index (χ4v) is 5.17. The normalized spacial score (nSPS) is 32.6. The van der Waals surface area contributed by atoms with E-state index < -0.39 is 5.91 Å². The number of hydrogen-bond acceptors (Lipinski definition) is 4. The fourth-order valence-electron chi connectivity index (χ4n) is 5.17. The summed E-state index contributed by atoms with van der Waals surface area (Å²) in [6.45, 7) is 12.9. The van der Waals surface area contributed by atoms with Gasteiger partial charge in [0.1, 0.15) is 0 Å². The van der Waals surface area contributed by atoms with Crippen LogP contribution in [0.5, 0.6) is 0 Å². The quantitative estimate of drug-likeness (QED) is 0.734. The van der Waals surface area contributed by atoms with Gasteiger partial charge in [-0.1, -0.05) is 20.8 Å². The van der Waals surface area contributed by atoms with Gasteiger partial charge in [0.15, 0.2) is 0 Å². The maximum Gasteiger partial charge on any atom is 0.312 e. The van der Waals surface area contributed by atoms with Crippen LogP contribution in [0.2, 0.25) is 0 Å². The van der Waals surface area contributed by atoms with Crippen molar-refractivity contribution in [2.75, 3.05) is 45.8 Å². The first-order valence-electron chi connectivity index (χ1n) is 9.30. The average molecular weight is 336 g/mol. The molecule has 1 saturated carbocycles. The van der Waals surface area contributed by atoms with Crippen LogP contribution in [0.1, 0.15) is 40.0 Å². The Morgan fingerprint density at radius 2 is 1.88 bits per heavy atom. The largest absolute Gasteiger partial charge is 0.347 e. The number of nitrogens with zero attached hydrogens (tertiary/aromatic N) is 2. The van der Waals surface area contributed by atoms with Gasteiger partial charge in [-0.25, -0.2) is 0 Å². The summed E-state index contributed by atoms with van der Waals surface area (Å²) in [5.41, 5.74) is 0.425. The van der Waals surface area contributed by atoms with Gasteiger partial charge < -0.3 is 15.5 Å². The van der Waals surface area contributed by atoms with Crippen molar-refractivity contribution in [1.82, 2.24) is 20.4 Å². The summed E-state index contributed by atoms with van der Waals surface area (Å²) >= 11 is 0. The van der Waals surface area contributed by atoms with E-state index in [4.69, 9.17) is 0 Å². The van der Waals surface area contributed by atoms with Crippen LogP contribution in [0, 0.1) is 10.8 Å². The minimum absolute atomic E-state index is 0.170. The molecule has 24 heavy (non-hydrogen) atoms. The van der Waals surface area contributed by atoms with Gasteiger partial charge in [0.05, 0.1) is 0 Å². The maximum absolute atomic E-state index is 12.6. The molecule has 136 valence electrons. The summed E-state index contributed by atoms with van der Waals surface area (Å²) < 4.78 is 0. The first-order chi connectivity index (χ1) is 11.3. The van der Waals surface area contributed by atoms with E-state index in [9.17, 15) is 9.59 Å². The summed E-state index contributed by atoms with van der Waals surface area (Å²) in [4.78, 5) is 29.1. The Morgan fingerprint density at radius 1 is 1.17 bits per heavy atom. The van der Waals surface area contributed by atoms with Gasteiger partial charge >= 0.3 is 11.8 Å². The molecule has 2 saturated heterocycles. The lowest BCUT2D eigenvalue weighted by Crippen LogP contribution is -2.49. The second kappa shape index (κ2) is 6.64. The number of hydrogen-bond donors (Lipinski definition) is 2. The molecule has 2 bridgehead atoms. The molecule has 2 atom stereocenters. The highest BCUT2D eigenvalue weighted by Gasteiger charge is 2.51. The third-order valence-corrected chi connectivity index (χ3v) is 5.79. The molecule has 6 nitrogen and oxygen atoms in total. The van der Waals surface area contributed by atoms with E-state index in [-0.39, 0.29) is 22.8 Å². The highest BCUT2D eigenvalue weighted by Crippen LogP contribution is 2.52. The minimum Gasteiger partial charge on any atom is -0.347 e. The van der Waals surface area contributed by atoms with E-state index in [0.717, 1.165) is 58.5 Å². The Hall–Kier alpha value is -1.14. The van der Waals surface area contributed by atoms with Crippen molar-refractivity contribution in [3.63, 3.8) is 0 Å². The van der Waals surface area contributed by atoms with Crippen LogP contribution in [0.25, 0.3) is 0 Å². The molecule has 0 aromatic rings. The van der Waals surface area contributed by atoms with Gasteiger partial charge in [0.2, 0.25) is 0 Å². The second-order valence-corrected chi connectivity index (χ2v) is 8.99. The number of fused-ring (bicyclic) bond motifs is 2. The van der Waals surface area contributed by atoms with Crippen LogP contribution in [0.3, 0.4) is 0 Å². The highest BCUT2D eigenvalue weighted by molar-refractivity contribution is 6.35. The zero-order valence-corrected chi connectivity index (χ0v) is 15.4. The number of carbonyl (C=O) groups is 2. The molecular formula is C18H32N4O2. The molecule has 3 rings (SSSR count). The van der Waals surface area contributed by atoms with Crippen LogP contribution in [-0.4, -0.2) is 73.5 Å². The predicted octanol–water partition coefficient (Wildman–Crippen LogP) is 0.435.